The van der Waals surface area contributed by atoms with E-state index in [0.717, 1.165) is 67.5 Å². The van der Waals surface area contributed by atoms with E-state index in [-0.39, 0.29) is 7.33 Å². The number of nitrogens with two attached hydrogens (primary N) is 1. The molecule has 0 aromatic carbocycles. The second-order valence-corrected chi connectivity index (χ2v) is 9.06. The lowest BCUT2D eigenvalue weighted by Gasteiger charge is -2.23. The summed E-state index contributed by atoms with van der Waals surface area (Å²) in [4.78, 5) is 27.2. The van der Waals surface area contributed by atoms with Gasteiger partial charge in [-0.2, -0.15) is 0 Å². The van der Waals surface area contributed by atoms with Crippen molar-refractivity contribution in [1.82, 2.24) is 24.7 Å². The second-order valence-electron chi connectivity index (χ2n) is 9.06. The van der Waals surface area contributed by atoms with Crippen LogP contribution in [0.3, 0.4) is 0 Å². The Kier molecular flexibility index (Phi) is 6.03. The van der Waals surface area contributed by atoms with Gasteiger partial charge in [0.2, 0.25) is 0 Å². The van der Waals surface area contributed by atoms with E-state index in [2.05, 4.69) is 40.4 Å². The number of pyridine rings is 2. The number of nitrogens with zero attached hydrogens (tertiary/aromatic N) is 7. The second kappa shape index (κ2) is 9.13. The molecular formula is C25H34N8O. The van der Waals surface area contributed by atoms with Crippen LogP contribution in [0.15, 0.2) is 24.3 Å². The van der Waals surface area contributed by atoms with E-state index in [1.165, 1.54) is 0 Å². The van der Waals surface area contributed by atoms with E-state index in [1.807, 2.05) is 24.3 Å². The minimum atomic E-state index is -0.0610. The van der Waals surface area contributed by atoms with Crippen molar-refractivity contribution in [3.8, 4) is 11.5 Å². The van der Waals surface area contributed by atoms with Gasteiger partial charge in [0.1, 0.15) is 23.2 Å². The largest absolute Gasteiger partial charge is 0.354 e. The zero-order valence-electron chi connectivity index (χ0n) is 20.2. The number of aryl methyl sites for hydroxylation is 1. The molecule has 0 spiro atoms. The first-order valence-electron chi connectivity index (χ1n) is 12.3. The van der Waals surface area contributed by atoms with Crippen molar-refractivity contribution < 1.29 is 6.22 Å². The summed E-state index contributed by atoms with van der Waals surface area (Å²) in [5, 5.41) is 8.75. The van der Waals surface area contributed by atoms with Crippen LogP contribution in [0.2, 0.25) is 0 Å². The Morgan fingerprint density at radius 1 is 1.18 bits per heavy atom. The number of hydrogen-bond donors (Lipinski definition) is 1. The van der Waals surface area contributed by atoms with Gasteiger partial charge in [-0.1, -0.05) is 19.9 Å². The number of carbonyl (C=O) groups excluding carboxylic acids is 1. The van der Waals surface area contributed by atoms with Crippen LogP contribution in [0.4, 0.5) is 11.6 Å². The summed E-state index contributed by atoms with van der Waals surface area (Å²) in [5.41, 5.74) is 9.15. The molecule has 2 N–H and O–H groups in total. The Hall–Kier alpha value is -3.33. The summed E-state index contributed by atoms with van der Waals surface area (Å²) in [5.74, 6) is 3.06. The standard InChI is InChI=1S/C25H32N8O.H2/c1-4-11-32-21(5-2)29-30-24(32)19-9-6-10-22(27-19)33-15-18-17(25(33)34)13-23(28-20(18)14-26)31-12-7-8-16(31)3;/h6,9-10,13,16H,4-5,7-8,11-12,14-15,26H2,1-3H3;1H/t16-;/m1./s1. The topological polar surface area (TPSA) is 106 Å². The highest BCUT2D eigenvalue weighted by molar-refractivity contribution is 6.10. The minimum absolute atomic E-state index is 0. The van der Waals surface area contributed by atoms with Crippen LogP contribution in [0.5, 0.6) is 0 Å². The van der Waals surface area contributed by atoms with Crippen LogP contribution in [-0.2, 0) is 26.1 Å². The average molecular weight is 463 g/mol. The normalized spacial score (nSPS) is 17.6. The first-order chi connectivity index (χ1) is 16.5. The highest BCUT2D eigenvalue weighted by Gasteiger charge is 2.34. The molecule has 2 aliphatic rings. The third kappa shape index (κ3) is 3.73. The zero-order chi connectivity index (χ0) is 23.8. The Labute approximate surface area is 201 Å². The highest BCUT2D eigenvalue weighted by atomic mass is 16.2. The number of rotatable bonds is 7. The molecule has 0 radical (unpaired) electrons. The van der Waals surface area contributed by atoms with E-state index in [4.69, 9.17) is 15.7 Å². The van der Waals surface area contributed by atoms with Crippen molar-refractivity contribution in [2.24, 2.45) is 5.73 Å². The van der Waals surface area contributed by atoms with Crippen molar-refractivity contribution in [2.75, 3.05) is 16.3 Å². The van der Waals surface area contributed by atoms with Crippen LogP contribution in [0.25, 0.3) is 11.5 Å². The predicted molar refractivity (Wildman–Crippen MR) is 134 cm³/mol. The molecule has 2 aliphatic heterocycles. The van der Waals surface area contributed by atoms with Gasteiger partial charge in [0.05, 0.1) is 17.8 Å². The van der Waals surface area contributed by atoms with E-state index >= 15 is 0 Å². The molecule has 9 heteroatoms. The van der Waals surface area contributed by atoms with Crippen molar-refractivity contribution >= 4 is 17.5 Å². The molecule has 180 valence electrons. The smallest absolute Gasteiger partial charge is 0.260 e. The number of fused-ring (bicyclic) bond motifs is 1. The van der Waals surface area contributed by atoms with Gasteiger partial charge in [0.15, 0.2) is 5.82 Å². The number of carbonyl (C=O) groups is 1. The Morgan fingerprint density at radius 2 is 2.03 bits per heavy atom. The molecular weight excluding hydrogens is 428 g/mol. The molecule has 1 amide bonds. The van der Waals surface area contributed by atoms with E-state index in [0.29, 0.717) is 36.2 Å². The summed E-state index contributed by atoms with van der Waals surface area (Å²) in [6.45, 7) is 8.91. The highest BCUT2D eigenvalue weighted by Crippen LogP contribution is 2.34. The number of amides is 1. The van der Waals surface area contributed by atoms with Gasteiger partial charge < -0.3 is 15.2 Å². The van der Waals surface area contributed by atoms with Gasteiger partial charge in [0.25, 0.3) is 5.91 Å². The maximum Gasteiger partial charge on any atom is 0.260 e. The number of anilines is 2. The van der Waals surface area contributed by atoms with E-state index in [9.17, 15) is 4.79 Å². The lowest BCUT2D eigenvalue weighted by atomic mass is 10.1. The predicted octanol–water partition coefficient (Wildman–Crippen LogP) is 3.56. The van der Waals surface area contributed by atoms with Crippen LogP contribution < -0.4 is 15.5 Å². The van der Waals surface area contributed by atoms with E-state index < -0.39 is 0 Å². The molecule has 5 rings (SSSR count). The first-order valence-corrected chi connectivity index (χ1v) is 12.3. The molecule has 1 fully saturated rings. The molecule has 3 aromatic rings. The van der Waals surface area contributed by atoms with Crippen molar-refractivity contribution in [3.05, 3.63) is 46.9 Å². The monoisotopic (exact) mass is 462 g/mol. The Balaban J connectivity index is 0.00000289. The summed E-state index contributed by atoms with van der Waals surface area (Å²) in [7, 11) is 0. The Morgan fingerprint density at radius 3 is 2.74 bits per heavy atom. The van der Waals surface area contributed by atoms with E-state index in [1.54, 1.807) is 4.90 Å². The van der Waals surface area contributed by atoms with Gasteiger partial charge in [-0.05, 0) is 44.4 Å². The van der Waals surface area contributed by atoms with Crippen LogP contribution in [-0.4, -0.2) is 43.2 Å². The quantitative estimate of drug-likeness (QED) is 0.572. The molecule has 0 aliphatic carbocycles. The third-order valence-electron chi connectivity index (χ3n) is 6.86. The molecule has 0 bridgehead atoms. The zero-order valence-corrected chi connectivity index (χ0v) is 20.2. The summed E-state index contributed by atoms with van der Waals surface area (Å²) >= 11 is 0. The summed E-state index contributed by atoms with van der Waals surface area (Å²) in [6.07, 6.45) is 4.05. The third-order valence-corrected chi connectivity index (χ3v) is 6.86. The number of hydrogen-bond acceptors (Lipinski definition) is 7. The molecule has 9 nitrogen and oxygen atoms in total. The molecule has 1 atom stereocenters. The fourth-order valence-electron chi connectivity index (χ4n) is 5.07. The Bertz CT molecular complexity index is 1230. The number of aromatic nitrogens is 5. The van der Waals surface area contributed by atoms with Crippen molar-refractivity contribution in [1.29, 1.82) is 0 Å². The van der Waals surface area contributed by atoms with Gasteiger partial charge in [-0.15, -0.1) is 10.2 Å². The molecule has 0 unspecified atom stereocenters. The van der Waals surface area contributed by atoms with Crippen molar-refractivity contribution in [3.63, 3.8) is 0 Å². The average Bonchev–Trinajstić information content (AvgIpc) is 3.56. The molecule has 34 heavy (non-hydrogen) atoms. The summed E-state index contributed by atoms with van der Waals surface area (Å²) < 4.78 is 2.12. The fourth-order valence-corrected chi connectivity index (χ4v) is 5.07. The lowest BCUT2D eigenvalue weighted by molar-refractivity contribution is 0.0996. The van der Waals surface area contributed by atoms with Crippen LogP contribution >= 0.6 is 0 Å². The first kappa shape index (κ1) is 22.5. The maximum atomic E-state index is 13.5. The van der Waals surface area contributed by atoms with Crippen LogP contribution in [0.1, 0.15) is 68.9 Å². The van der Waals surface area contributed by atoms with Gasteiger partial charge in [-0.3, -0.25) is 9.69 Å². The van der Waals surface area contributed by atoms with Gasteiger partial charge in [0, 0.05) is 39.1 Å². The maximum absolute atomic E-state index is 13.5. The van der Waals surface area contributed by atoms with Gasteiger partial charge >= 0.3 is 0 Å². The van der Waals surface area contributed by atoms with Crippen LogP contribution in [0, 0.1) is 0 Å². The van der Waals surface area contributed by atoms with Crippen molar-refractivity contribution in [2.45, 2.75) is 72.1 Å². The SMILES string of the molecule is CCCn1c(CC)nnc1-c1cccc(N2Cc3c(cc(N4CCC[C@H]4C)nc3CN)C2=O)n1.[HH]. The molecule has 5 heterocycles. The molecule has 1 saturated heterocycles. The molecule has 0 saturated carbocycles. The lowest BCUT2D eigenvalue weighted by Crippen LogP contribution is -2.28. The molecule has 3 aromatic heterocycles. The minimum Gasteiger partial charge on any atom is -0.354 e. The summed E-state index contributed by atoms with van der Waals surface area (Å²) in [6, 6.07) is 8.06. The fraction of sp³-hybridized carbons (Fsp3) is 0.480. The van der Waals surface area contributed by atoms with Gasteiger partial charge in [-0.25, -0.2) is 9.97 Å².